The van der Waals surface area contributed by atoms with Gasteiger partial charge in [0.2, 0.25) is 0 Å². The molecule has 0 aliphatic carbocycles. The summed E-state index contributed by atoms with van der Waals surface area (Å²) in [5.41, 5.74) is 1.86. The van der Waals surface area contributed by atoms with Crippen molar-refractivity contribution < 1.29 is 9.90 Å². The Balaban J connectivity index is 2.76. The molecule has 1 unspecified atom stereocenters. The number of nitrogens with zero attached hydrogens (tertiary/aromatic N) is 1. The number of carboxylic acids is 1. The number of carbonyl (C=O) groups is 1. The first kappa shape index (κ1) is 14.7. The number of halogens is 1. The second kappa shape index (κ2) is 6.57. The van der Waals surface area contributed by atoms with Crippen LogP contribution in [-0.2, 0) is 4.79 Å². The van der Waals surface area contributed by atoms with E-state index in [0.29, 0.717) is 6.54 Å². The quantitative estimate of drug-likeness (QED) is 0.832. The molecular formula is C14H18ClNO2. The van der Waals surface area contributed by atoms with Gasteiger partial charge in [-0.05, 0) is 32.5 Å². The molecule has 1 aromatic carbocycles. The number of hydrogen-bond donors (Lipinski definition) is 1. The molecule has 0 saturated carbocycles. The van der Waals surface area contributed by atoms with Crippen LogP contribution in [0.5, 0.6) is 0 Å². The smallest absolute Gasteiger partial charge is 0.328 e. The summed E-state index contributed by atoms with van der Waals surface area (Å²) >= 11 is 6.15. The van der Waals surface area contributed by atoms with Gasteiger partial charge >= 0.3 is 5.97 Å². The summed E-state index contributed by atoms with van der Waals surface area (Å²) in [6.45, 7) is 4.46. The Morgan fingerprint density at radius 3 is 2.67 bits per heavy atom. The zero-order valence-corrected chi connectivity index (χ0v) is 11.6. The number of likely N-dealkylation sites (N-methyl/N-ethyl adjacent to an activating group) is 1. The number of aliphatic carboxylic acids is 1. The highest BCUT2D eigenvalue weighted by Crippen LogP contribution is 2.26. The Morgan fingerprint density at radius 1 is 1.50 bits per heavy atom. The van der Waals surface area contributed by atoms with Gasteiger partial charge in [0.15, 0.2) is 0 Å². The van der Waals surface area contributed by atoms with Gasteiger partial charge in [-0.2, -0.15) is 0 Å². The average molecular weight is 268 g/mol. The van der Waals surface area contributed by atoms with E-state index in [-0.39, 0.29) is 6.04 Å². The van der Waals surface area contributed by atoms with E-state index >= 15 is 0 Å². The van der Waals surface area contributed by atoms with E-state index in [1.807, 2.05) is 38.2 Å². The van der Waals surface area contributed by atoms with Gasteiger partial charge in [-0.3, -0.25) is 4.90 Å². The van der Waals surface area contributed by atoms with Crippen molar-refractivity contribution in [3.8, 4) is 0 Å². The van der Waals surface area contributed by atoms with Crippen LogP contribution in [-0.4, -0.2) is 29.6 Å². The molecule has 1 rings (SSSR count). The van der Waals surface area contributed by atoms with Crippen molar-refractivity contribution in [1.82, 2.24) is 4.90 Å². The Labute approximate surface area is 113 Å². The first-order valence-electron chi connectivity index (χ1n) is 5.76. The second-order valence-electron chi connectivity index (χ2n) is 4.44. The van der Waals surface area contributed by atoms with Gasteiger partial charge < -0.3 is 5.11 Å². The fraction of sp³-hybridized carbons (Fsp3) is 0.357. The molecule has 1 aromatic rings. The van der Waals surface area contributed by atoms with E-state index in [1.165, 1.54) is 6.08 Å². The van der Waals surface area contributed by atoms with Crippen molar-refractivity contribution in [2.45, 2.75) is 19.9 Å². The molecule has 0 radical (unpaired) electrons. The fourth-order valence-electron chi connectivity index (χ4n) is 1.84. The number of benzene rings is 1. The third kappa shape index (κ3) is 4.17. The molecule has 0 aliphatic rings. The van der Waals surface area contributed by atoms with Gasteiger partial charge in [0.25, 0.3) is 0 Å². The molecule has 0 fully saturated rings. The second-order valence-corrected chi connectivity index (χ2v) is 4.85. The first-order valence-corrected chi connectivity index (χ1v) is 6.14. The molecule has 0 spiro atoms. The minimum Gasteiger partial charge on any atom is -0.478 e. The minimum absolute atomic E-state index is 0.135. The highest BCUT2D eigenvalue weighted by Gasteiger charge is 2.14. The lowest BCUT2D eigenvalue weighted by atomic mass is 10.1. The maximum Gasteiger partial charge on any atom is 0.328 e. The van der Waals surface area contributed by atoms with Crippen molar-refractivity contribution >= 4 is 17.6 Å². The van der Waals surface area contributed by atoms with Crippen LogP contribution in [0.4, 0.5) is 0 Å². The van der Waals surface area contributed by atoms with E-state index in [4.69, 9.17) is 16.7 Å². The summed E-state index contributed by atoms with van der Waals surface area (Å²) in [5.74, 6) is -0.911. The summed E-state index contributed by atoms with van der Waals surface area (Å²) in [7, 11) is 1.95. The van der Waals surface area contributed by atoms with Gasteiger partial charge in [0.1, 0.15) is 0 Å². The monoisotopic (exact) mass is 267 g/mol. The largest absolute Gasteiger partial charge is 0.478 e. The lowest BCUT2D eigenvalue weighted by Crippen LogP contribution is -2.24. The van der Waals surface area contributed by atoms with Crippen molar-refractivity contribution in [2.75, 3.05) is 13.6 Å². The molecule has 0 saturated heterocycles. The highest BCUT2D eigenvalue weighted by atomic mass is 35.5. The van der Waals surface area contributed by atoms with Crippen LogP contribution in [0.3, 0.4) is 0 Å². The topological polar surface area (TPSA) is 40.5 Å². The Hall–Kier alpha value is -1.32. The lowest BCUT2D eigenvalue weighted by molar-refractivity contribution is -0.131. The van der Waals surface area contributed by atoms with Gasteiger partial charge in [0, 0.05) is 23.7 Å². The molecule has 0 heterocycles. The van der Waals surface area contributed by atoms with Crippen molar-refractivity contribution in [3.63, 3.8) is 0 Å². The summed E-state index contributed by atoms with van der Waals surface area (Å²) in [4.78, 5) is 12.6. The van der Waals surface area contributed by atoms with Gasteiger partial charge in [-0.15, -0.1) is 0 Å². The zero-order valence-electron chi connectivity index (χ0n) is 10.9. The van der Waals surface area contributed by atoms with Crippen molar-refractivity contribution in [2.24, 2.45) is 0 Å². The van der Waals surface area contributed by atoms with E-state index in [1.54, 1.807) is 0 Å². The number of carboxylic acid groups (broad SMARTS) is 1. The van der Waals surface area contributed by atoms with Crippen LogP contribution in [0.2, 0.25) is 5.02 Å². The summed E-state index contributed by atoms with van der Waals surface area (Å²) < 4.78 is 0. The Morgan fingerprint density at radius 2 is 2.11 bits per heavy atom. The van der Waals surface area contributed by atoms with E-state index < -0.39 is 5.97 Å². The first-order chi connectivity index (χ1) is 8.41. The van der Waals surface area contributed by atoms with Gasteiger partial charge in [-0.1, -0.05) is 35.4 Å². The Bertz CT molecular complexity index is 457. The fourth-order valence-corrected chi connectivity index (χ4v) is 2.13. The molecule has 3 nitrogen and oxygen atoms in total. The maximum atomic E-state index is 10.6. The SMILES string of the molecule is CC(=CC(=O)O)CN(C)C(C)c1ccccc1Cl. The predicted octanol–water partition coefficient (Wildman–Crippen LogP) is 3.36. The Kier molecular flexibility index (Phi) is 5.38. The van der Waals surface area contributed by atoms with Crippen LogP contribution in [0.1, 0.15) is 25.5 Å². The van der Waals surface area contributed by atoms with E-state index in [9.17, 15) is 4.79 Å². The minimum atomic E-state index is -0.911. The van der Waals surface area contributed by atoms with Crippen LogP contribution in [0.25, 0.3) is 0 Å². The molecule has 1 N–H and O–H groups in total. The summed E-state index contributed by atoms with van der Waals surface area (Å²) in [6.07, 6.45) is 1.23. The van der Waals surface area contributed by atoms with Crippen LogP contribution in [0, 0.1) is 0 Å². The molecule has 0 aliphatic heterocycles. The molecule has 4 heteroatoms. The maximum absolute atomic E-state index is 10.6. The van der Waals surface area contributed by atoms with Crippen LogP contribution >= 0.6 is 11.6 Å². The van der Waals surface area contributed by atoms with Crippen LogP contribution in [0.15, 0.2) is 35.9 Å². The lowest BCUT2D eigenvalue weighted by Gasteiger charge is -2.26. The highest BCUT2D eigenvalue weighted by molar-refractivity contribution is 6.31. The molecule has 98 valence electrons. The molecule has 18 heavy (non-hydrogen) atoms. The number of rotatable bonds is 5. The van der Waals surface area contributed by atoms with Crippen LogP contribution < -0.4 is 0 Å². The van der Waals surface area contributed by atoms with Gasteiger partial charge in [-0.25, -0.2) is 4.79 Å². The average Bonchev–Trinajstić information content (AvgIpc) is 2.27. The molecule has 0 bridgehead atoms. The normalized spacial score (nSPS) is 13.7. The zero-order chi connectivity index (χ0) is 13.7. The number of hydrogen-bond acceptors (Lipinski definition) is 2. The molecular weight excluding hydrogens is 250 g/mol. The predicted molar refractivity (Wildman–Crippen MR) is 73.9 cm³/mol. The molecule has 1 atom stereocenters. The summed E-state index contributed by atoms with van der Waals surface area (Å²) in [5, 5.41) is 9.41. The van der Waals surface area contributed by atoms with Crippen molar-refractivity contribution in [3.05, 3.63) is 46.5 Å². The third-order valence-electron chi connectivity index (χ3n) is 2.89. The molecule has 0 aromatic heterocycles. The van der Waals surface area contributed by atoms with Gasteiger partial charge in [0.05, 0.1) is 0 Å². The van der Waals surface area contributed by atoms with E-state index in [2.05, 4.69) is 11.8 Å². The van der Waals surface area contributed by atoms with E-state index in [0.717, 1.165) is 16.2 Å². The van der Waals surface area contributed by atoms with Crippen molar-refractivity contribution in [1.29, 1.82) is 0 Å². The standard InChI is InChI=1S/C14H18ClNO2/c1-10(8-14(17)18)9-16(3)11(2)12-6-4-5-7-13(12)15/h4-8,11H,9H2,1-3H3,(H,17,18). The summed E-state index contributed by atoms with van der Waals surface area (Å²) in [6, 6.07) is 7.83. The molecule has 0 amide bonds. The third-order valence-corrected chi connectivity index (χ3v) is 3.23.